The molecule has 0 saturated carbocycles. The molecule has 7 nitrogen and oxygen atoms in total. The molecule has 1 N–H and O–H groups in total. The maximum Gasteiger partial charge on any atom is 0.238 e. The Hall–Kier alpha value is -2.41. The van der Waals surface area contributed by atoms with Gasteiger partial charge in [-0.1, -0.05) is 30.3 Å². The first-order valence-electron chi connectivity index (χ1n) is 9.03. The normalized spacial score (nSPS) is 21.2. The van der Waals surface area contributed by atoms with E-state index in [1.165, 1.54) is 6.92 Å². The van der Waals surface area contributed by atoms with E-state index in [1.807, 2.05) is 30.3 Å². The van der Waals surface area contributed by atoms with Crippen molar-refractivity contribution in [2.24, 2.45) is 5.92 Å². The van der Waals surface area contributed by atoms with Crippen LogP contribution in [0.3, 0.4) is 0 Å². The largest absolute Gasteiger partial charge is 0.358 e. The van der Waals surface area contributed by atoms with Gasteiger partial charge in [-0.15, -0.1) is 0 Å². The second kappa shape index (κ2) is 7.86. The Morgan fingerprint density at radius 1 is 1.04 bits per heavy atom. The van der Waals surface area contributed by atoms with Crippen molar-refractivity contribution in [2.45, 2.75) is 19.5 Å². The molecule has 3 amide bonds. The lowest BCUT2D eigenvalue weighted by atomic mass is 9.97. The Morgan fingerprint density at radius 3 is 2.35 bits per heavy atom. The molecule has 0 spiro atoms. The van der Waals surface area contributed by atoms with Crippen molar-refractivity contribution in [3.63, 3.8) is 0 Å². The van der Waals surface area contributed by atoms with Crippen molar-refractivity contribution in [3.05, 3.63) is 35.9 Å². The van der Waals surface area contributed by atoms with Gasteiger partial charge in [0, 0.05) is 53.2 Å². The number of likely N-dealkylation sites (tertiary alicyclic amines) is 1. The number of carbonyl (C=O) groups excluding carboxylic acids is 3. The third-order valence-corrected chi connectivity index (χ3v) is 5.26. The molecule has 7 heteroatoms. The first-order valence-corrected chi connectivity index (χ1v) is 9.03. The molecular weight excluding hydrogens is 332 g/mol. The predicted molar refractivity (Wildman–Crippen MR) is 97.0 cm³/mol. The molecule has 2 heterocycles. The van der Waals surface area contributed by atoms with Crippen LogP contribution in [0, 0.1) is 5.92 Å². The molecule has 3 rings (SSSR count). The number of amides is 3. The van der Waals surface area contributed by atoms with Crippen LogP contribution in [0.25, 0.3) is 0 Å². The monoisotopic (exact) mass is 358 g/mol. The van der Waals surface area contributed by atoms with Crippen LogP contribution >= 0.6 is 0 Å². The zero-order valence-corrected chi connectivity index (χ0v) is 15.4. The van der Waals surface area contributed by atoms with Crippen molar-refractivity contribution in [1.29, 1.82) is 0 Å². The van der Waals surface area contributed by atoms with Gasteiger partial charge in [0.2, 0.25) is 17.7 Å². The molecule has 0 unspecified atom stereocenters. The van der Waals surface area contributed by atoms with E-state index in [-0.39, 0.29) is 29.7 Å². The number of rotatable bonds is 4. The summed E-state index contributed by atoms with van der Waals surface area (Å²) in [6, 6.07) is 9.68. The number of nitrogens with zero attached hydrogens (tertiary/aromatic N) is 3. The fraction of sp³-hybridized carbons (Fsp3) is 0.526. The molecule has 0 aromatic heterocycles. The van der Waals surface area contributed by atoms with E-state index >= 15 is 0 Å². The summed E-state index contributed by atoms with van der Waals surface area (Å²) >= 11 is 0. The van der Waals surface area contributed by atoms with Crippen molar-refractivity contribution in [2.75, 3.05) is 39.8 Å². The first-order chi connectivity index (χ1) is 12.5. The van der Waals surface area contributed by atoms with Gasteiger partial charge in [0.25, 0.3) is 0 Å². The highest BCUT2D eigenvalue weighted by molar-refractivity contribution is 5.86. The molecule has 1 aromatic rings. The third-order valence-electron chi connectivity index (χ3n) is 5.26. The van der Waals surface area contributed by atoms with Crippen molar-refractivity contribution in [3.8, 4) is 0 Å². The summed E-state index contributed by atoms with van der Waals surface area (Å²) in [4.78, 5) is 42.0. The highest BCUT2D eigenvalue weighted by atomic mass is 16.2. The smallest absolute Gasteiger partial charge is 0.238 e. The fourth-order valence-electron chi connectivity index (χ4n) is 3.59. The van der Waals surface area contributed by atoms with Crippen molar-refractivity contribution >= 4 is 17.7 Å². The summed E-state index contributed by atoms with van der Waals surface area (Å²) in [5, 5.41) is 2.72. The number of hydrogen-bond donors (Lipinski definition) is 1. The third kappa shape index (κ3) is 3.88. The Balaban J connectivity index is 1.63. The molecule has 26 heavy (non-hydrogen) atoms. The molecule has 0 radical (unpaired) electrons. The molecular formula is C19H26N4O3. The lowest BCUT2D eigenvalue weighted by Crippen LogP contribution is -2.63. The lowest BCUT2D eigenvalue weighted by molar-refractivity contribution is -0.150. The van der Waals surface area contributed by atoms with Gasteiger partial charge in [-0.3, -0.25) is 19.3 Å². The molecule has 0 aliphatic carbocycles. The Bertz CT molecular complexity index is 673. The van der Waals surface area contributed by atoms with Crippen LogP contribution in [0.5, 0.6) is 0 Å². The van der Waals surface area contributed by atoms with Gasteiger partial charge in [-0.2, -0.15) is 0 Å². The number of hydrogen-bond acceptors (Lipinski definition) is 4. The highest BCUT2D eigenvalue weighted by Crippen LogP contribution is 2.21. The molecule has 140 valence electrons. The zero-order valence-electron chi connectivity index (χ0n) is 15.4. The second-order valence-electron chi connectivity index (χ2n) is 6.99. The van der Waals surface area contributed by atoms with Gasteiger partial charge >= 0.3 is 0 Å². The maximum atomic E-state index is 12.7. The average molecular weight is 358 g/mol. The maximum absolute atomic E-state index is 12.7. The minimum atomic E-state index is -0.359. The van der Waals surface area contributed by atoms with E-state index in [2.05, 4.69) is 10.2 Å². The van der Waals surface area contributed by atoms with Crippen LogP contribution < -0.4 is 5.32 Å². The van der Waals surface area contributed by atoms with Crippen LogP contribution in [-0.2, 0) is 20.9 Å². The van der Waals surface area contributed by atoms with E-state index in [0.29, 0.717) is 39.3 Å². The van der Waals surface area contributed by atoms with Crippen LogP contribution in [0.15, 0.2) is 30.3 Å². The Kier molecular flexibility index (Phi) is 5.56. The van der Waals surface area contributed by atoms with E-state index < -0.39 is 0 Å². The summed E-state index contributed by atoms with van der Waals surface area (Å²) in [7, 11) is 1.63. The Labute approximate surface area is 153 Å². The topological polar surface area (TPSA) is 73.0 Å². The standard InChI is InChI=1S/C19H26N4O3/c1-14(24)23-11-16(12-23)19(26)22-9-8-21(17(13-22)18(25)20-2)10-15-6-4-3-5-7-15/h3-7,16-17H,8-13H2,1-2H3,(H,20,25)/t17-/m1/s1. The Morgan fingerprint density at radius 2 is 1.73 bits per heavy atom. The lowest BCUT2D eigenvalue weighted by Gasteiger charge is -2.44. The predicted octanol–water partition coefficient (Wildman–Crippen LogP) is -0.0763. The van der Waals surface area contributed by atoms with Gasteiger partial charge in [-0.25, -0.2) is 0 Å². The summed E-state index contributed by atoms with van der Waals surface area (Å²) in [6.45, 7) is 4.83. The van der Waals surface area contributed by atoms with Gasteiger partial charge in [0.1, 0.15) is 6.04 Å². The minimum Gasteiger partial charge on any atom is -0.358 e. The highest BCUT2D eigenvalue weighted by Gasteiger charge is 2.40. The van der Waals surface area contributed by atoms with Gasteiger partial charge < -0.3 is 15.1 Å². The van der Waals surface area contributed by atoms with Crippen molar-refractivity contribution < 1.29 is 14.4 Å². The van der Waals surface area contributed by atoms with Gasteiger partial charge in [0.05, 0.1) is 5.92 Å². The van der Waals surface area contributed by atoms with Gasteiger partial charge in [-0.05, 0) is 5.56 Å². The molecule has 2 saturated heterocycles. The average Bonchev–Trinajstić information content (AvgIpc) is 2.60. The van der Waals surface area contributed by atoms with Crippen LogP contribution in [0.2, 0.25) is 0 Å². The van der Waals surface area contributed by atoms with Crippen LogP contribution in [0.4, 0.5) is 0 Å². The number of benzene rings is 1. The number of likely N-dealkylation sites (N-methyl/N-ethyl adjacent to an activating group) is 1. The van der Waals surface area contributed by atoms with E-state index in [0.717, 1.165) is 5.56 Å². The summed E-state index contributed by atoms with van der Waals surface area (Å²) in [6.07, 6.45) is 0. The molecule has 0 bridgehead atoms. The van der Waals surface area contributed by atoms with Crippen LogP contribution in [0.1, 0.15) is 12.5 Å². The van der Waals surface area contributed by atoms with Crippen molar-refractivity contribution in [1.82, 2.24) is 20.0 Å². The van der Waals surface area contributed by atoms with E-state index in [1.54, 1.807) is 16.8 Å². The number of nitrogens with one attached hydrogen (secondary N) is 1. The number of carbonyl (C=O) groups is 3. The summed E-state index contributed by atoms with van der Waals surface area (Å²) in [5.74, 6) is -0.150. The van der Waals surface area contributed by atoms with Gasteiger partial charge in [0.15, 0.2) is 0 Å². The molecule has 2 aliphatic heterocycles. The number of piperazine rings is 1. The second-order valence-corrected chi connectivity index (χ2v) is 6.99. The quantitative estimate of drug-likeness (QED) is 0.817. The minimum absolute atomic E-state index is 0.00460. The summed E-state index contributed by atoms with van der Waals surface area (Å²) in [5.41, 5.74) is 1.15. The van der Waals surface area contributed by atoms with E-state index in [4.69, 9.17) is 0 Å². The van der Waals surface area contributed by atoms with E-state index in [9.17, 15) is 14.4 Å². The molecule has 2 aliphatic rings. The molecule has 2 fully saturated rings. The molecule has 1 atom stereocenters. The van der Waals surface area contributed by atoms with Crippen LogP contribution in [-0.4, -0.2) is 78.2 Å². The molecule has 1 aromatic carbocycles. The SMILES string of the molecule is CNC(=O)[C@H]1CN(C(=O)C2CN(C(C)=O)C2)CCN1Cc1ccccc1. The first kappa shape index (κ1) is 18.4. The summed E-state index contributed by atoms with van der Waals surface area (Å²) < 4.78 is 0. The zero-order chi connectivity index (χ0) is 18.7. The fourth-order valence-corrected chi connectivity index (χ4v) is 3.59.